The molecule has 2 heterocycles. The summed E-state index contributed by atoms with van der Waals surface area (Å²) < 4.78 is 0. The zero-order chi connectivity index (χ0) is 17.6. The summed E-state index contributed by atoms with van der Waals surface area (Å²) in [6, 6.07) is 14.2. The lowest BCUT2D eigenvalue weighted by atomic mass is 10.3. The van der Waals surface area contributed by atoms with Gasteiger partial charge in [0, 0.05) is 34.8 Å². The minimum Gasteiger partial charge on any atom is -0.321 e. The molecule has 6 nitrogen and oxygen atoms in total. The Bertz CT molecular complexity index is 880. The molecule has 0 aliphatic carbocycles. The maximum Gasteiger partial charge on any atom is 0.324 e. The third-order valence-electron chi connectivity index (χ3n) is 3.24. The molecule has 2 aromatic heterocycles. The Hall–Kier alpha value is -2.71. The number of pyridine rings is 1. The fourth-order valence-electron chi connectivity index (χ4n) is 2.03. The number of anilines is 1. The number of benzene rings is 1. The number of amides is 1. The van der Waals surface area contributed by atoms with Crippen LogP contribution in [0.4, 0.5) is 10.7 Å². The normalized spacial score (nSPS) is 10.4. The van der Waals surface area contributed by atoms with Crippen LogP contribution in [-0.4, -0.2) is 15.8 Å². The predicted molar refractivity (Wildman–Crippen MR) is 99.2 cm³/mol. The highest BCUT2D eigenvalue weighted by atomic mass is 32.2. The molecule has 0 aliphatic heterocycles. The van der Waals surface area contributed by atoms with E-state index in [1.807, 2.05) is 42.6 Å². The maximum absolute atomic E-state index is 12.1. The number of carbonyl (C=O) groups is 1. The van der Waals surface area contributed by atoms with Crippen molar-refractivity contribution in [2.75, 3.05) is 5.32 Å². The summed E-state index contributed by atoms with van der Waals surface area (Å²) in [6.45, 7) is 0. The van der Waals surface area contributed by atoms with E-state index in [4.69, 9.17) is 0 Å². The van der Waals surface area contributed by atoms with Crippen molar-refractivity contribution >= 4 is 39.7 Å². The minimum atomic E-state index is -0.504. The third-order valence-corrected chi connectivity index (χ3v) is 5.35. The molecule has 126 valence electrons. The quantitative estimate of drug-likeness (QED) is 0.389. The predicted octanol–water partition coefficient (Wildman–Crippen LogP) is 4.60. The SMILES string of the molecule is O=C(Nc1ccc(SCc2cccnc2)cc1)c1ccc([N+](=O)[O-])s1. The van der Waals surface area contributed by atoms with Gasteiger partial charge in [-0.15, -0.1) is 11.8 Å². The lowest BCUT2D eigenvalue weighted by Gasteiger charge is -2.05. The molecule has 0 atom stereocenters. The molecule has 1 N–H and O–H groups in total. The number of nitrogens with one attached hydrogen (secondary N) is 1. The average molecular weight is 371 g/mol. The van der Waals surface area contributed by atoms with Crippen LogP contribution >= 0.6 is 23.1 Å². The van der Waals surface area contributed by atoms with Crippen molar-refractivity contribution in [3.8, 4) is 0 Å². The third kappa shape index (κ3) is 4.65. The number of rotatable bonds is 6. The van der Waals surface area contributed by atoms with E-state index < -0.39 is 4.92 Å². The molecule has 8 heteroatoms. The molecule has 0 aliphatic rings. The van der Waals surface area contributed by atoms with Gasteiger partial charge in [0.05, 0.1) is 9.80 Å². The smallest absolute Gasteiger partial charge is 0.321 e. The number of thiophene rings is 1. The first kappa shape index (κ1) is 17.1. The second kappa shape index (κ2) is 7.91. The summed E-state index contributed by atoms with van der Waals surface area (Å²) in [5.41, 5.74) is 1.79. The number of carbonyl (C=O) groups excluding carboxylic acids is 1. The van der Waals surface area contributed by atoms with Gasteiger partial charge in [-0.1, -0.05) is 17.4 Å². The Morgan fingerprint density at radius 3 is 2.64 bits per heavy atom. The lowest BCUT2D eigenvalue weighted by molar-refractivity contribution is -0.380. The summed E-state index contributed by atoms with van der Waals surface area (Å²) >= 11 is 2.53. The summed E-state index contributed by atoms with van der Waals surface area (Å²) in [7, 11) is 0. The van der Waals surface area contributed by atoms with Crippen LogP contribution in [0.3, 0.4) is 0 Å². The minimum absolute atomic E-state index is 0.0488. The van der Waals surface area contributed by atoms with E-state index in [-0.39, 0.29) is 10.9 Å². The van der Waals surface area contributed by atoms with Crippen LogP contribution in [0.2, 0.25) is 0 Å². The average Bonchev–Trinajstić information content (AvgIpc) is 3.13. The van der Waals surface area contributed by atoms with E-state index >= 15 is 0 Å². The van der Waals surface area contributed by atoms with Gasteiger partial charge in [0.1, 0.15) is 0 Å². The van der Waals surface area contributed by atoms with Gasteiger partial charge < -0.3 is 5.32 Å². The fraction of sp³-hybridized carbons (Fsp3) is 0.0588. The summed E-state index contributed by atoms with van der Waals surface area (Å²) in [5.74, 6) is 0.465. The summed E-state index contributed by atoms with van der Waals surface area (Å²) in [4.78, 5) is 27.7. The molecule has 0 bridgehead atoms. The fourth-order valence-corrected chi connectivity index (χ4v) is 3.57. The standard InChI is InChI=1S/C17H13N3O3S2/c21-17(15-7-8-16(25-15)20(22)23)19-13-3-5-14(6-4-13)24-11-12-2-1-9-18-10-12/h1-10H,11H2,(H,19,21). The van der Waals surface area contributed by atoms with Crippen molar-refractivity contribution in [1.29, 1.82) is 0 Å². The van der Waals surface area contributed by atoms with Crippen molar-refractivity contribution in [3.05, 3.63) is 81.5 Å². The van der Waals surface area contributed by atoms with Crippen LogP contribution in [0, 0.1) is 10.1 Å². The van der Waals surface area contributed by atoms with E-state index in [0.29, 0.717) is 10.6 Å². The van der Waals surface area contributed by atoms with Crippen LogP contribution < -0.4 is 5.32 Å². The molecule has 0 saturated heterocycles. The van der Waals surface area contributed by atoms with Crippen molar-refractivity contribution in [3.63, 3.8) is 0 Å². The van der Waals surface area contributed by atoms with Gasteiger partial charge in [0.25, 0.3) is 5.91 Å². The summed E-state index contributed by atoms with van der Waals surface area (Å²) in [5, 5.41) is 13.4. The van der Waals surface area contributed by atoms with Crippen LogP contribution in [0.15, 0.2) is 65.8 Å². The van der Waals surface area contributed by atoms with Gasteiger partial charge in [-0.05, 0) is 42.0 Å². The molecular weight excluding hydrogens is 358 g/mol. The Balaban J connectivity index is 1.58. The first-order valence-electron chi connectivity index (χ1n) is 7.29. The van der Waals surface area contributed by atoms with Gasteiger partial charge >= 0.3 is 5.00 Å². The molecule has 0 saturated carbocycles. The molecule has 3 aromatic rings. The largest absolute Gasteiger partial charge is 0.324 e. The van der Waals surface area contributed by atoms with Crippen LogP contribution in [0.5, 0.6) is 0 Å². The molecule has 3 rings (SSSR count). The number of hydrogen-bond donors (Lipinski definition) is 1. The first-order valence-corrected chi connectivity index (χ1v) is 9.09. The van der Waals surface area contributed by atoms with Crippen molar-refractivity contribution in [2.24, 2.45) is 0 Å². The Labute approximate surface area is 152 Å². The number of aromatic nitrogens is 1. The van der Waals surface area contributed by atoms with E-state index in [1.54, 1.807) is 18.0 Å². The molecule has 0 radical (unpaired) electrons. The Kier molecular flexibility index (Phi) is 5.42. The second-order valence-corrected chi connectivity index (χ2v) is 7.13. The van der Waals surface area contributed by atoms with Crippen molar-refractivity contribution < 1.29 is 9.72 Å². The van der Waals surface area contributed by atoms with Crippen LogP contribution in [0.25, 0.3) is 0 Å². The molecule has 0 spiro atoms. The molecule has 0 unspecified atom stereocenters. The highest BCUT2D eigenvalue weighted by Gasteiger charge is 2.15. The molecule has 1 aromatic carbocycles. The van der Waals surface area contributed by atoms with E-state index in [9.17, 15) is 14.9 Å². The number of thioether (sulfide) groups is 1. The van der Waals surface area contributed by atoms with Gasteiger partial charge in [-0.3, -0.25) is 19.9 Å². The zero-order valence-corrected chi connectivity index (χ0v) is 14.5. The van der Waals surface area contributed by atoms with Crippen LogP contribution in [-0.2, 0) is 5.75 Å². The number of hydrogen-bond acceptors (Lipinski definition) is 6. The van der Waals surface area contributed by atoms with Gasteiger partial charge in [-0.25, -0.2) is 0 Å². The molecule has 25 heavy (non-hydrogen) atoms. The van der Waals surface area contributed by atoms with Crippen LogP contribution in [0.1, 0.15) is 15.2 Å². The monoisotopic (exact) mass is 371 g/mol. The first-order chi connectivity index (χ1) is 12.1. The highest BCUT2D eigenvalue weighted by molar-refractivity contribution is 7.98. The van der Waals surface area contributed by atoms with Gasteiger partial charge in [0.2, 0.25) is 0 Å². The van der Waals surface area contributed by atoms with Gasteiger partial charge in [-0.2, -0.15) is 0 Å². The molecular formula is C17H13N3O3S2. The topological polar surface area (TPSA) is 85.1 Å². The highest BCUT2D eigenvalue weighted by Crippen LogP contribution is 2.26. The molecule has 1 amide bonds. The second-order valence-electron chi connectivity index (χ2n) is 5.02. The van der Waals surface area contributed by atoms with E-state index in [0.717, 1.165) is 27.5 Å². The molecule has 0 fully saturated rings. The Morgan fingerprint density at radius 2 is 2.00 bits per heavy atom. The van der Waals surface area contributed by atoms with Gasteiger partial charge in [0.15, 0.2) is 0 Å². The lowest BCUT2D eigenvalue weighted by Crippen LogP contribution is -2.09. The Morgan fingerprint density at radius 1 is 1.20 bits per heavy atom. The van der Waals surface area contributed by atoms with Crippen molar-refractivity contribution in [2.45, 2.75) is 10.6 Å². The number of nitro groups is 1. The van der Waals surface area contributed by atoms with E-state index in [2.05, 4.69) is 10.3 Å². The summed E-state index contributed by atoms with van der Waals surface area (Å²) in [6.07, 6.45) is 3.58. The number of nitrogens with zero attached hydrogens (tertiary/aromatic N) is 2. The zero-order valence-electron chi connectivity index (χ0n) is 12.9. The van der Waals surface area contributed by atoms with Crippen molar-refractivity contribution in [1.82, 2.24) is 4.98 Å². The maximum atomic E-state index is 12.1. The van der Waals surface area contributed by atoms with E-state index in [1.165, 1.54) is 12.1 Å².